The highest BCUT2D eigenvalue weighted by molar-refractivity contribution is 5.77. The van der Waals surface area contributed by atoms with Gasteiger partial charge in [-0.2, -0.15) is 0 Å². The van der Waals surface area contributed by atoms with E-state index in [-0.39, 0.29) is 30.1 Å². The standard InChI is InChI=1S/C14H21N3O3/c1-4-12(15)9-14(18)16(3)10(2)11-6-5-7-13(8-11)17(19)20/h5-8,10,12H,4,9,15H2,1-3H3. The summed E-state index contributed by atoms with van der Waals surface area (Å²) < 4.78 is 0. The highest BCUT2D eigenvalue weighted by atomic mass is 16.6. The smallest absolute Gasteiger partial charge is 0.269 e. The molecule has 0 aliphatic heterocycles. The van der Waals surface area contributed by atoms with Gasteiger partial charge in [-0.3, -0.25) is 14.9 Å². The molecule has 1 rings (SSSR count). The number of non-ortho nitro benzene ring substituents is 1. The monoisotopic (exact) mass is 279 g/mol. The van der Waals surface area contributed by atoms with Crippen molar-refractivity contribution in [2.24, 2.45) is 5.73 Å². The number of rotatable bonds is 6. The molecule has 0 aliphatic rings. The van der Waals surface area contributed by atoms with Crippen molar-refractivity contribution in [1.82, 2.24) is 4.90 Å². The molecule has 6 heteroatoms. The summed E-state index contributed by atoms with van der Waals surface area (Å²) in [5, 5.41) is 10.8. The Morgan fingerprint density at radius 3 is 2.70 bits per heavy atom. The Hall–Kier alpha value is -1.95. The molecule has 20 heavy (non-hydrogen) atoms. The number of amides is 1. The van der Waals surface area contributed by atoms with Gasteiger partial charge in [0.25, 0.3) is 5.69 Å². The molecule has 2 unspecified atom stereocenters. The zero-order valence-electron chi connectivity index (χ0n) is 12.1. The van der Waals surface area contributed by atoms with Crippen LogP contribution in [0.5, 0.6) is 0 Å². The number of nitro benzene ring substituents is 1. The molecule has 1 aromatic carbocycles. The molecular formula is C14H21N3O3. The Balaban J connectivity index is 2.83. The maximum Gasteiger partial charge on any atom is 0.269 e. The number of nitrogens with zero attached hydrogens (tertiary/aromatic N) is 2. The van der Waals surface area contributed by atoms with Crippen LogP contribution in [-0.2, 0) is 4.79 Å². The van der Waals surface area contributed by atoms with Crippen molar-refractivity contribution in [3.05, 3.63) is 39.9 Å². The van der Waals surface area contributed by atoms with E-state index in [9.17, 15) is 14.9 Å². The Kier molecular flexibility index (Phi) is 5.64. The first kappa shape index (κ1) is 16.1. The molecule has 0 radical (unpaired) electrons. The molecule has 2 N–H and O–H groups in total. The molecule has 0 aromatic heterocycles. The normalized spacial score (nSPS) is 13.6. The van der Waals surface area contributed by atoms with Crippen molar-refractivity contribution in [2.45, 2.75) is 38.8 Å². The fourth-order valence-corrected chi connectivity index (χ4v) is 1.85. The average Bonchev–Trinajstić information content (AvgIpc) is 2.45. The first-order chi connectivity index (χ1) is 9.36. The van der Waals surface area contributed by atoms with Crippen LogP contribution in [0.3, 0.4) is 0 Å². The van der Waals surface area contributed by atoms with Crippen LogP contribution in [0, 0.1) is 10.1 Å². The van der Waals surface area contributed by atoms with E-state index in [0.29, 0.717) is 0 Å². The van der Waals surface area contributed by atoms with Crippen molar-refractivity contribution < 1.29 is 9.72 Å². The van der Waals surface area contributed by atoms with E-state index in [1.54, 1.807) is 24.1 Å². The van der Waals surface area contributed by atoms with Crippen LogP contribution in [0.25, 0.3) is 0 Å². The Bertz CT molecular complexity index is 490. The predicted molar refractivity (Wildman–Crippen MR) is 77.2 cm³/mol. The molecule has 0 saturated carbocycles. The highest BCUT2D eigenvalue weighted by Crippen LogP contribution is 2.23. The van der Waals surface area contributed by atoms with E-state index in [1.165, 1.54) is 12.1 Å². The number of hydrogen-bond donors (Lipinski definition) is 1. The molecule has 2 atom stereocenters. The van der Waals surface area contributed by atoms with Gasteiger partial charge in [-0.25, -0.2) is 0 Å². The predicted octanol–water partition coefficient (Wildman–Crippen LogP) is 2.24. The molecule has 1 amide bonds. The van der Waals surface area contributed by atoms with Gasteiger partial charge in [0.15, 0.2) is 0 Å². The summed E-state index contributed by atoms with van der Waals surface area (Å²) in [5.41, 5.74) is 6.54. The average molecular weight is 279 g/mol. The quantitative estimate of drug-likeness (QED) is 0.638. The number of benzene rings is 1. The van der Waals surface area contributed by atoms with Crippen LogP contribution in [0.2, 0.25) is 0 Å². The summed E-state index contributed by atoms with van der Waals surface area (Å²) in [6.45, 7) is 3.77. The van der Waals surface area contributed by atoms with E-state index < -0.39 is 4.92 Å². The van der Waals surface area contributed by atoms with Crippen molar-refractivity contribution in [3.63, 3.8) is 0 Å². The number of nitrogens with two attached hydrogens (primary N) is 1. The fourth-order valence-electron chi connectivity index (χ4n) is 1.85. The largest absolute Gasteiger partial charge is 0.339 e. The molecule has 0 bridgehead atoms. The van der Waals surface area contributed by atoms with Gasteiger partial charge in [0.1, 0.15) is 0 Å². The van der Waals surface area contributed by atoms with E-state index in [2.05, 4.69) is 0 Å². The van der Waals surface area contributed by atoms with Crippen LogP contribution in [0.15, 0.2) is 24.3 Å². The molecule has 110 valence electrons. The maximum absolute atomic E-state index is 12.1. The lowest BCUT2D eigenvalue weighted by atomic mass is 10.1. The second-order valence-electron chi connectivity index (χ2n) is 4.91. The molecule has 0 aliphatic carbocycles. The number of nitro groups is 1. The van der Waals surface area contributed by atoms with Crippen molar-refractivity contribution in [1.29, 1.82) is 0 Å². The summed E-state index contributed by atoms with van der Waals surface area (Å²) in [6, 6.07) is 5.95. The third-order valence-electron chi connectivity index (χ3n) is 3.50. The van der Waals surface area contributed by atoms with Crippen LogP contribution in [-0.4, -0.2) is 28.8 Å². The van der Waals surface area contributed by atoms with Crippen LogP contribution < -0.4 is 5.73 Å². The first-order valence-electron chi connectivity index (χ1n) is 6.62. The minimum atomic E-state index is -0.439. The van der Waals surface area contributed by atoms with Gasteiger partial charge in [-0.1, -0.05) is 19.1 Å². The topological polar surface area (TPSA) is 89.5 Å². The third kappa shape index (κ3) is 4.03. The second kappa shape index (κ2) is 7.00. The summed E-state index contributed by atoms with van der Waals surface area (Å²) in [4.78, 5) is 24.0. The van der Waals surface area contributed by atoms with Crippen LogP contribution in [0.4, 0.5) is 5.69 Å². The lowest BCUT2D eigenvalue weighted by Crippen LogP contribution is -2.34. The second-order valence-corrected chi connectivity index (χ2v) is 4.91. The molecule has 0 heterocycles. The van der Waals surface area contributed by atoms with Crippen LogP contribution in [0.1, 0.15) is 38.3 Å². The minimum Gasteiger partial charge on any atom is -0.339 e. The van der Waals surface area contributed by atoms with Gasteiger partial charge >= 0.3 is 0 Å². The summed E-state index contributed by atoms with van der Waals surface area (Å²) in [7, 11) is 1.69. The highest BCUT2D eigenvalue weighted by Gasteiger charge is 2.20. The summed E-state index contributed by atoms with van der Waals surface area (Å²) in [6.07, 6.45) is 1.02. The van der Waals surface area contributed by atoms with Crippen LogP contribution >= 0.6 is 0 Å². The lowest BCUT2D eigenvalue weighted by molar-refractivity contribution is -0.384. The lowest BCUT2D eigenvalue weighted by Gasteiger charge is -2.26. The van der Waals surface area contributed by atoms with E-state index in [4.69, 9.17) is 5.73 Å². The van der Waals surface area contributed by atoms with Gasteiger partial charge in [-0.05, 0) is 18.9 Å². The number of carbonyl (C=O) groups is 1. The molecule has 0 saturated heterocycles. The fraction of sp³-hybridized carbons (Fsp3) is 0.500. The SMILES string of the molecule is CCC(N)CC(=O)N(C)C(C)c1cccc([N+](=O)[O-])c1. The third-order valence-corrected chi connectivity index (χ3v) is 3.50. The molecule has 0 fully saturated rings. The van der Waals surface area contributed by atoms with Gasteiger partial charge in [-0.15, -0.1) is 0 Å². The Morgan fingerprint density at radius 2 is 2.15 bits per heavy atom. The van der Waals surface area contributed by atoms with E-state index in [0.717, 1.165) is 12.0 Å². The Morgan fingerprint density at radius 1 is 1.50 bits per heavy atom. The van der Waals surface area contributed by atoms with Crippen molar-refractivity contribution in [3.8, 4) is 0 Å². The summed E-state index contributed by atoms with van der Waals surface area (Å²) in [5.74, 6) is -0.0571. The van der Waals surface area contributed by atoms with Gasteiger partial charge < -0.3 is 10.6 Å². The number of hydrogen-bond acceptors (Lipinski definition) is 4. The molecule has 6 nitrogen and oxygen atoms in total. The summed E-state index contributed by atoms with van der Waals surface area (Å²) >= 11 is 0. The number of carbonyl (C=O) groups excluding carboxylic acids is 1. The van der Waals surface area contributed by atoms with Crippen molar-refractivity contribution in [2.75, 3.05) is 7.05 Å². The minimum absolute atomic E-state index is 0.0282. The molecule has 1 aromatic rings. The van der Waals surface area contributed by atoms with Gasteiger partial charge in [0.2, 0.25) is 5.91 Å². The van der Waals surface area contributed by atoms with E-state index >= 15 is 0 Å². The Labute approximate surface area is 118 Å². The van der Waals surface area contributed by atoms with Crippen molar-refractivity contribution >= 4 is 11.6 Å². The zero-order chi connectivity index (χ0) is 15.3. The van der Waals surface area contributed by atoms with Gasteiger partial charge in [0.05, 0.1) is 11.0 Å². The zero-order valence-corrected chi connectivity index (χ0v) is 12.1. The first-order valence-corrected chi connectivity index (χ1v) is 6.62. The molecule has 0 spiro atoms. The maximum atomic E-state index is 12.1. The van der Waals surface area contributed by atoms with E-state index in [1.807, 2.05) is 13.8 Å². The molecular weight excluding hydrogens is 258 g/mol. The van der Waals surface area contributed by atoms with Gasteiger partial charge in [0, 0.05) is 31.6 Å².